The maximum Gasteiger partial charge on any atom is 0.312 e. The van der Waals surface area contributed by atoms with Gasteiger partial charge >= 0.3 is 5.97 Å². The van der Waals surface area contributed by atoms with Crippen LogP contribution in [0.3, 0.4) is 0 Å². The van der Waals surface area contributed by atoms with Gasteiger partial charge in [-0.1, -0.05) is 54.6 Å². The Morgan fingerprint density at radius 2 is 1.73 bits per heavy atom. The highest BCUT2D eigenvalue weighted by Crippen LogP contribution is 2.37. The van der Waals surface area contributed by atoms with Gasteiger partial charge in [0.15, 0.2) is 0 Å². The zero-order valence-electron chi connectivity index (χ0n) is 17.6. The standard InChI is InChI=1S/C27H26O3/c1-18(14-15-30-24-11-8-20(9-12-24)19(2)27(28)29-3)21-10-13-26-23(16-21)17-22-6-4-5-7-25(22)26/h4-14,16,19H,15,17H2,1-3H3/b18-14+. The quantitative estimate of drug-likeness (QED) is 0.373. The molecular formula is C27H26O3. The van der Waals surface area contributed by atoms with E-state index in [4.69, 9.17) is 9.47 Å². The van der Waals surface area contributed by atoms with Gasteiger partial charge in [0.1, 0.15) is 12.4 Å². The Morgan fingerprint density at radius 1 is 1.00 bits per heavy atom. The van der Waals surface area contributed by atoms with Crippen LogP contribution in [0.15, 0.2) is 72.8 Å². The molecule has 3 nitrogen and oxygen atoms in total. The van der Waals surface area contributed by atoms with Gasteiger partial charge in [-0.05, 0) is 77.4 Å². The molecule has 0 saturated heterocycles. The molecule has 3 aromatic carbocycles. The van der Waals surface area contributed by atoms with Crippen molar-refractivity contribution in [1.29, 1.82) is 0 Å². The number of carbonyl (C=O) groups excluding carboxylic acids is 1. The van der Waals surface area contributed by atoms with Crippen LogP contribution in [-0.2, 0) is 16.0 Å². The number of fused-ring (bicyclic) bond motifs is 3. The molecule has 1 unspecified atom stereocenters. The van der Waals surface area contributed by atoms with Gasteiger partial charge in [-0.3, -0.25) is 4.79 Å². The maximum atomic E-state index is 11.7. The van der Waals surface area contributed by atoms with E-state index in [2.05, 4.69) is 55.5 Å². The van der Waals surface area contributed by atoms with Crippen molar-refractivity contribution in [3.8, 4) is 16.9 Å². The molecule has 1 aliphatic rings. The minimum atomic E-state index is -0.280. The summed E-state index contributed by atoms with van der Waals surface area (Å²) in [6, 6.07) is 22.9. The van der Waals surface area contributed by atoms with Crippen LogP contribution in [0.2, 0.25) is 0 Å². The minimum absolute atomic E-state index is 0.236. The molecule has 152 valence electrons. The number of hydrogen-bond acceptors (Lipinski definition) is 3. The van der Waals surface area contributed by atoms with E-state index in [0.29, 0.717) is 6.61 Å². The predicted octanol–water partition coefficient (Wildman–Crippen LogP) is 6.02. The Balaban J connectivity index is 1.39. The summed E-state index contributed by atoms with van der Waals surface area (Å²) in [5.41, 5.74) is 8.84. The van der Waals surface area contributed by atoms with Crippen LogP contribution in [0.5, 0.6) is 5.75 Å². The number of methoxy groups -OCH3 is 1. The van der Waals surface area contributed by atoms with Gasteiger partial charge in [-0.15, -0.1) is 0 Å². The molecule has 0 amide bonds. The van der Waals surface area contributed by atoms with Gasteiger partial charge in [0, 0.05) is 0 Å². The number of hydrogen-bond donors (Lipinski definition) is 0. The highest BCUT2D eigenvalue weighted by atomic mass is 16.5. The third-order valence-corrected chi connectivity index (χ3v) is 5.82. The monoisotopic (exact) mass is 398 g/mol. The van der Waals surface area contributed by atoms with E-state index in [9.17, 15) is 4.79 Å². The molecular weight excluding hydrogens is 372 g/mol. The fourth-order valence-corrected chi connectivity index (χ4v) is 3.94. The van der Waals surface area contributed by atoms with Crippen molar-refractivity contribution in [2.75, 3.05) is 13.7 Å². The number of esters is 1. The summed E-state index contributed by atoms with van der Waals surface area (Å²) in [5, 5.41) is 0. The molecule has 0 heterocycles. The topological polar surface area (TPSA) is 35.5 Å². The van der Waals surface area contributed by atoms with Crippen molar-refractivity contribution in [1.82, 2.24) is 0 Å². The Morgan fingerprint density at radius 3 is 2.50 bits per heavy atom. The van der Waals surface area contributed by atoms with E-state index in [0.717, 1.165) is 17.7 Å². The lowest BCUT2D eigenvalue weighted by atomic mass is 10.00. The first-order valence-electron chi connectivity index (χ1n) is 10.3. The highest BCUT2D eigenvalue weighted by Gasteiger charge is 2.18. The van der Waals surface area contributed by atoms with Gasteiger partial charge in [0.05, 0.1) is 13.0 Å². The highest BCUT2D eigenvalue weighted by molar-refractivity contribution is 5.79. The van der Waals surface area contributed by atoms with E-state index in [1.165, 1.54) is 40.5 Å². The van der Waals surface area contributed by atoms with Crippen LogP contribution in [0.4, 0.5) is 0 Å². The van der Waals surface area contributed by atoms with Crippen LogP contribution in [-0.4, -0.2) is 19.7 Å². The summed E-state index contributed by atoms with van der Waals surface area (Å²) in [6.07, 6.45) is 3.11. The molecule has 30 heavy (non-hydrogen) atoms. The van der Waals surface area contributed by atoms with Crippen molar-refractivity contribution >= 4 is 11.5 Å². The number of allylic oxidation sites excluding steroid dienone is 1. The summed E-state index contributed by atoms with van der Waals surface area (Å²) in [5.74, 6) is 0.265. The van der Waals surface area contributed by atoms with E-state index in [1.54, 1.807) is 0 Å². The number of benzene rings is 3. The lowest BCUT2D eigenvalue weighted by Gasteiger charge is -2.11. The molecule has 0 radical (unpaired) electrons. The van der Waals surface area contributed by atoms with Crippen molar-refractivity contribution in [2.45, 2.75) is 26.2 Å². The van der Waals surface area contributed by atoms with Crippen molar-refractivity contribution in [2.24, 2.45) is 0 Å². The fraction of sp³-hybridized carbons (Fsp3) is 0.222. The summed E-state index contributed by atoms with van der Waals surface area (Å²) in [6.45, 7) is 4.45. The SMILES string of the molecule is COC(=O)C(C)c1ccc(OC/C=C(\C)c2ccc3c(c2)Cc2ccccc2-3)cc1. The summed E-state index contributed by atoms with van der Waals surface area (Å²) < 4.78 is 10.7. The summed E-state index contributed by atoms with van der Waals surface area (Å²) in [4.78, 5) is 11.7. The third-order valence-electron chi connectivity index (χ3n) is 5.82. The first-order valence-corrected chi connectivity index (χ1v) is 10.3. The second-order valence-corrected chi connectivity index (χ2v) is 7.72. The molecule has 0 N–H and O–H groups in total. The smallest absolute Gasteiger partial charge is 0.312 e. The van der Waals surface area contributed by atoms with Crippen molar-refractivity contribution < 1.29 is 14.3 Å². The fourth-order valence-electron chi connectivity index (χ4n) is 3.94. The van der Waals surface area contributed by atoms with Crippen molar-refractivity contribution in [3.63, 3.8) is 0 Å². The Kier molecular flexibility index (Phi) is 5.71. The first kappa shape index (κ1) is 20.0. The summed E-state index contributed by atoms with van der Waals surface area (Å²) in [7, 11) is 1.41. The lowest BCUT2D eigenvalue weighted by Crippen LogP contribution is -2.10. The first-order chi connectivity index (χ1) is 14.6. The molecule has 0 aliphatic heterocycles. The van der Waals surface area contributed by atoms with Gasteiger partial charge in [-0.2, -0.15) is 0 Å². The Bertz CT molecular complexity index is 1090. The minimum Gasteiger partial charge on any atom is -0.490 e. The molecule has 3 heteroatoms. The molecule has 1 aliphatic carbocycles. The third kappa shape index (κ3) is 4.02. The van der Waals surface area contributed by atoms with Crippen molar-refractivity contribution in [3.05, 3.63) is 95.1 Å². The zero-order valence-corrected chi connectivity index (χ0v) is 17.6. The molecule has 0 spiro atoms. The molecule has 0 aromatic heterocycles. The second kappa shape index (κ2) is 8.58. The van der Waals surface area contributed by atoms with E-state index in [-0.39, 0.29) is 11.9 Å². The molecule has 4 rings (SSSR count). The predicted molar refractivity (Wildman–Crippen MR) is 121 cm³/mol. The average Bonchev–Trinajstić information content (AvgIpc) is 3.16. The Hall–Kier alpha value is -3.33. The molecule has 0 bridgehead atoms. The zero-order chi connectivity index (χ0) is 21.1. The molecule has 3 aromatic rings. The van der Waals surface area contributed by atoms with Crippen LogP contribution >= 0.6 is 0 Å². The lowest BCUT2D eigenvalue weighted by molar-refractivity contribution is -0.141. The normalized spacial score (nSPS) is 13.4. The van der Waals surface area contributed by atoms with Crippen LogP contribution in [0.1, 0.15) is 42.0 Å². The largest absolute Gasteiger partial charge is 0.490 e. The van der Waals surface area contributed by atoms with Gasteiger partial charge in [-0.25, -0.2) is 0 Å². The van der Waals surface area contributed by atoms with Crippen LogP contribution in [0, 0.1) is 0 Å². The van der Waals surface area contributed by atoms with Gasteiger partial charge in [0.25, 0.3) is 0 Å². The van der Waals surface area contributed by atoms with E-state index in [1.807, 2.05) is 31.2 Å². The maximum absolute atomic E-state index is 11.7. The van der Waals surface area contributed by atoms with E-state index < -0.39 is 0 Å². The molecule has 0 fully saturated rings. The molecule has 1 atom stereocenters. The number of carbonyl (C=O) groups is 1. The van der Waals surface area contributed by atoms with Crippen LogP contribution in [0.25, 0.3) is 16.7 Å². The average molecular weight is 399 g/mol. The summed E-state index contributed by atoms with van der Waals surface area (Å²) >= 11 is 0. The van der Waals surface area contributed by atoms with Crippen LogP contribution < -0.4 is 4.74 Å². The number of rotatable bonds is 6. The second-order valence-electron chi connectivity index (χ2n) is 7.72. The van der Waals surface area contributed by atoms with Gasteiger partial charge < -0.3 is 9.47 Å². The number of ether oxygens (including phenoxy) is 2. The van der Waals surface area contributed by atoms with E-state index >= 15 is 0 Å². The Labute approximate surface area is 178 Å². The molecule has 0 saturated carbocycles. The van der Waals surface area contributed by atoms with Gasteiger partial charge in [0.2, 0.25) is 0 Å².